The molecule has 0 spiro atoms. The number of fused-ring (bicyclic) bond motifs is 1. The minimum atomic E-state index is -4.41. The van der Waals surface area contributed by atoms with Crippen LogP contribution in [0.15, 0.2) is 73.1 Å². The molecule has 0 saturated carbocycles. The Hall–Kier alpha value is -3.68. The lowest BCUT2D eigenvalue weighted by atomic mass is 9.84. The number of amides is 1. The second-order valence-electron chi connectivity index (χ2n) is 8.58. The minimum Gasteiger partial charge on any atom is -0.353 e. The van der Waals surface area contributed by atoms with Gasteiger partial charge in [0.25, 0.3) is 0 Å². The Morgan fingerprint density at radius 1 is 0.971 bits per heavy atom. The molecule has 2 atom stereocenters. The van der Waals surface area contributed by atoms with Gasteiger partial charge in [-0.1, -0.05) is 49.4 Å². The van der Waals surface area contributed by atoms with E-state index in [1.165, 1.54) is 12.1 Å². The van der Waals surface area contributed by atoms with Crippen molar-refractivity contribution in [3.05, 3.63) is 89.9 Å². The summed E-state index contributed by atoms with van der Waals surface area (Å²) in [5, 5.41) is 7.49. The average molecular weight is 467 g/mol. The first-order valence-corrected chi connectivity index (χ1v) is 11.0. The first kappa shape index (κ1) is 23.5. The smallest absolute Gasteiger partial charge is 0.353 e. The Labute approximate surface area is 195 Å². The molecule has 2 unspecified atom stereocenters. The van der Waals surface area contributed by atoms with Crippen LogP contribution in [0.5, 0.6) is 0 Å². The summed E-state index contributed by atoms with van der Waals surface area (Å²) in [5.74, 6) is -0.856. The van der Waals surface area contributed by atoms with Crippen LogP contribution in [-0.2, 0) is 11.0 Å². The van der Waals surface area contributed by atoms with Gasteiger partial charge in [-0.25, -0.2) is 9.50 Å². The molecular weight excluding hydrogens is 441 g/mol. The van der Waals surface area contributed by atoms with Crippen molar-refractivity contribution in [1.29, 1.82) is 0 Å². The first-order chi connectivity index (χ1) is 16.2. The van der Waals surface area contributed by atoms with Crippen LogP contribution >= 0.6 is 0 Å². The summed E-state index contributed by atoms with van der Waals surface area (Å²) >= 11 is 0. The summed E-state index contributed by atoms with van der Waals surface area (Å²) in [5.41, 5.74) is 2.56. The van der Waals surface area contributed by atoms with Crippen molar-refractivity contribution >= 4 is 11.6 Å². The number of hydrogen-bond donors (Lipinski definition) is 1. The molecule has 0 bridgehead atoms. The fourth-order valence-electron chi connectivity index (χ4n) is 4.13. The monoisotopic (exact) mass is 466 g/mol. The van der Waals surface area contributed by atoms with Crippen LogP contribution in [0.25, 0.3) is 16.8 Å². The van der Waals surface area contributed by atoms with E-state index in [1.54, 1.807) is 23.0 Å². The van der Waals surface area contributed by atoms with Gasteiger partial charge in [0.2, 0.25) is 5.91 Å². The Kier molecular flexibility index (Phi) is 6.41. The second kappa shape index (κ2) is 9.29. The lowest BCUT2D eigenvalue weighted by molar-refractivity contribution is -0.137. The number of nitrogens with zero attached hydrogens (tertiary/aromatic N) is 3. The third-order valence-corrected chi connectivity index (χ3v) is 5.81. The van der Waals surface area contributed by atoms with Crippen LogP contribution in [0.2, 0.25) is 0 Å². The van der Waals surface area contributed by atoms with E-state index in [-0.39, 0.29) is 17.9 Å². The molecule has 0 aliphatic heterocycles. The van der Waals surface area contributed by atoms with E-state index in [1.807, 2.05) is 51.1 Å². The summed E-state index contributed by atoms with van der Waals surface area (Å²) in [7, 11) is 0. The highest BCUT2D eigenvalue weighted by Crippen LogP contribution is 2.35. The van der Waals surface area contributed by atoms with Crippen LogP contribution < -0.4 is 5.32 Å². The summed E-state index contributed by atoms with van der Waals surface area (Å²) in [4.78, 5) is 17.8. The van der Waals surface area contributed by atoms with Gasteiger partial charge in [-0.3, -0.25) is 4.79 Å². The number of hydrogen-bond acceptors (Lipinski definition) is 3. The van der Waals surface area contributed by atoms with Gasteiger partial charge in [0.05, 0.1) is 23.4 Å². The molecule has 4 rings (SSSR count). The van der Waals surface area contributed by atoms with Gasteiger partial charge in [-0.2, -0.15) is 18.3 Å². The number of rotatable bonds is 6. The van der Waals surface area contributed by atoms with E-state index in [4.69, 9.17) is 0 Å². The Balaban J connectivity index is 1.80. The molecule has 0 aliphatic rings. The molecule has 8 heteroatoms. The van der Waals surface area contributed by atoms with E-state index in [2.05, 4.69) is 15.4 Å². The number of carbonyl (C=O) groups is 1. The van der Waals surface area contributed by atoms with Crippen molar-refractivity contribution in [3.63, 3.8) is 0 Å². The van der Waals surface area contributed by atoms with E-state index in [0.29, 0.717) is 22.5 Å². The third kappa shape index (κ3) is 4.66. The number of benzene rings is 2. The van der Waals surface area contributed by atoms with Gasteiger partial charge in [-0.05, 0) is 49.1 Å². The first-order valence-electron chi connectivity index (χ1n) is 11.0. The van der Waals surface area contributed by atoms with Crippen molar-refractivity contribution in [2.45, 2.75) is 44.8 Å². The zero-order valence-corrected chi connectivity index (χ0v) is 19.0. The number of aromatic nitrogens is 3. The zero-order chi connectivity index (χ0) is 24.5. The van der Waals surface area contributed by atoms with Gasteiger partial charge >= 0.3 is 6.18 Å². The van der Waals surface area contributed by atoms with Crippen molar-refractivity contribution in [2.24, 2.45) is 0 Å². The maximum atomic E-state index is 13.3. The largest absolute Gasteiger partial charge is 0.416 e. The molecule has 1 amide bonds. The fraction of sp³-hybridized carbons (Fsp3) is 0.269. The predicted molar refractivity (Wildman–Crippen MR) is 124 cm³/mol. The van der Waals surface area contributed by atoms with E-state index in [0.717, 1.165) is 17.7 Å². The Morgan fingerprint density at radius 3 is 2.26 bits per heavy atom. The highest BCUT2D eigenvalue weighted by molar-refractivity contribution is 5.85. The standard InChI is InChI=1S/C26H25F3N4O/c1-16(2)32-25(34)23(17(3)18-7-5-4-6-8-18)22-13-14-30-24-21(15-31-33(22)24)19-9-11-20(12-10-19)26(27,28)29/h4-17,23H,1-3H3,(H,32,34). The molecule has 5 nitrogen and oxygen atoms in total. The topological polar surface area (TPSA) is 59.3 Å². The molecule has 0 saturated heterocycles. The minimum absolute atomic E-state index is 0.0457. The third-order valence-electron chi connectivity index (χ3n) is 5.81. The van der Waals surface area contributed by atoms with Gasteiger partial charge in [0.1, 0.15) is 0 Å². The molecule has 2 aromatic heterocycles. The number of carbonyl (C=O) groups excluding carboxylic acids is 1. The number of nitrogens with one attached hydrogen (secondary N) is 1. The summed E-state index contributed by atoms with van der Waals surface area (Å²) in [6, 6.07) is 16.4. The summed E-state index contributed by atoms with van der Waals surface area (Å²) in [6.45, 7) is 5.80. The highest BCUT2D eigenvalue weighted by atomic mass is 19.4. The van der Waals surface area contributed by atoms with Crippen LogP contribution in [-0.4, -0.2) is 26.5 Å². The molecule has 34 heavy (non-hydrogen) atoms. The Bertz CT molecular complexity index is 1280. The lowest BCUT2D eigenvalue weighted by Crippen LogP contribution is -2.37. The van der Waals surface area contributed by atoms with Crippen LogP contribution in [0.1, 0.15) is 49.4 Å². The fourth-order valence-corrected chi connectivity index (χ4v) is 4.13. The molecule has 0 fully saturated rings. The molecular formula is C26H25F3N4O. The van der Waals surface area contributed by atoms with E-state index >= 15 is 0 Å². The van der Waals surface area contributed by atoms with Crippen LogP contribution in [0, 0.1) is 0 Å². The van der Waals surface area contributed by atoms with Crippen molar-refractivity contribution in [1.82, 2.24) is 19.9 Å². The molecule has 0 aliphatic carbocycles. The molecule has 1 N–H and O–H groups in total. The maximum absolute atomic E-state index is 13.3. The summed E-state index contributed by atoms with van der Waals surface area (Å²) < 4.78 is 40.5. The molecule has 2 aromatic carbocycles. The van der Waals surface area contributed by atoms with E-state index < -0.39 is 17.7 Å². The second-order valence-corrected chi connectivity index (χ2v) is 8.58. The van der Waals surface area contributed by atoms with Gasteiger partial charge in [0, 0.05) is 17.8 Å². The quantitative estimate of drug-likeness (QED) is 0.389. The average Bonchev–Trinajstić information content (AvgIpc) is 3.24. The zero-order valence-electron chi connectivity index (χ0n) is 19.0. The molecule has 4 aromatic rings. The predicted octanol–water partition coefficient (Wildman–Crippen LogP) is 5.83. The van der Waals surface area contributed by atoms with Gasteiger partial charge in [-0.15, -0.1) is 0 Å². The van der Waals surface area contributed by atoms with Crippen LogP contribution in [0.3, 0.4) is 0 Å². The molecule has 2 heterocycles. The molecule has 176 valence electrons. The summed E-state index contributed by atoms with van der Waals surface area (Å²) in [6.07, 6.45) is -1.23. The van der Waals surface area contributed by atoms with Crippen molar-refractivity contribution in [3.8, 4) is 11.1 Å². The van der Waals surface area contributed by atoms with Gasteiger partial charge < -0.3 is 5.32 Å². The van der Waals surface area contributed by atoms with Gasteiger partial charge in [0.15, 0.2) is 5.65 Å². The SMILES string of the molecule is CC(C)NC(=O)C(c1ccnc2c(-c3ccc(C(F)(F)F)cc3)cnn12)C(C)c1ccccc1. The van der Waals surface area contributed by atoms with E-state index in [9.17, 15) is 18.0 Å². The van der Waals surface area contributed by atoms with Crippen molar-refractivity contribution in [2.75, 3.05) is 0 Å². The van der Waals surface area contributed by atoms with Crippen LogP contribution in [0.4, 0.5) is 13.2 Å². The molecule has 0 radical (unpaired) electrons. The highest BCUT2D eigenvalue weighted by Gasteiger charge is 2.32. The number of alkyl halides is 3. The number of halogens is 3. The van der Waals surface area contributed by atoms with Crippen molar-refractivity contribution < 1.29 is 18.0 Å². The lowest BCUT2D eigenvalue weighted by Gasteiger charge is -2.25. The maximum Gasteiger partial charge on any atom is 0.416 e. The Morgan fingerprint density at radius 2 is 1.65 bits per heavy atom. The normalized spacial score (nSPS) is 13.7.